The first-order valence-corrected chi connectivity index (χ1v) is 7.33. The standard InChI is InChI=1S/C14H23N5O2/c1-11(2)18-12(20)10-16-13(21)14(4-7-15-8-5-14)19-9-3-6-17-19/h3,6,9,11,15H,4-5,7-8,10H2,1-2H3,(H,16,21)(H,18,20). The van der Waals surface area contributed by atoms with Gasteiger partial charge in [0.2, 0.25) is 11.8 Å². The Kier molecular flexibility index (Phi) is 4.95. The van der Waals surface area contributed by atoms with Gasteiger partial charge >= 0.3 is 0 Å². The van der Waals surface area contributed by atoms with Gasteiger partial charge < -0.3 is 16.0 Å². The molecule has 0 atom stereocenters. The van der Waals surface area contributed by atoms with Crippen LogP contribution in [0.5, 0.6) is 0 Å². The number of carbonyl (C=O) groups excluding carboxylic acids is 2. The van der Waals surface area contributed by atoms with E-state index in [2.05, 4.69) is 21.0 Å². The van der Waals surface area contributed by atoms with Crippen LogP contribution in [0.2, 0.25) is 0 Å². The van der Waals surface area contributed by atoms with E-state index in [4.69, 9.17) is 0 Å². The van der Waals surface area contributed by atoms with Gasteiger partial charge in [-0.1, -0.05) is 0 Å². The molecule has 2 amide bonds. The highest BCUT2D eigenvalue weighted by molar-refractivity contribution is 5.89. The molecular weight excluding hydrogens is 270 g/mol. The van der Waals surface area contributed by atoms with Crippen LogP contribution in [0.1, 0.15) is 26.7 Å². The molecule has 2 heterocycles. The molecule has 2 rings (SSSR count). The molecular formula is C14H23N5O2. The van der Waals surface area contributed by atoms with E-state index in [9.17, 15) is 9.59 Å². The molecule has 0 unspecified atom stereocenters. The number of carbonyl (C=O) groups is 2. The Labute approximate surface area is 124 Å². The molecule has 0 spiro atoms. The molecule has 0 saturated carbocycles. The number of nitrogens with one attached hydrogen (secondary N) is 3. The van der Waals surface area contributed by atoms with E-state index in [-0.39, 0.29) is 24.4 Å². The third kappa shape index (κ3) is 3.60. The summed E-state index contributed by atoms with van der Waals surface area (Å²) in [4.78, 5) is 24.3. The molecule has 1 aliphatic rings. The maximum atomic E-state index is 12.6. The second-order valence-corrected chi connectivity index (χ2v) is 5.64. The van der Waals surface area contributed by atoms with Crippen molar-refractivity contribution in [2.24, 2.45) is 0 Å². The molecule has 1 aromatic rings. The second kappa shape index (κ2) is 6.71. The fraction of sp³-hybridized carbons (Fsp3) is 0.643. The SMILES string of the molecule is CC(C)NC(=O)CNC(=O)C1(n2cccn2)CCNCC1. The molecule has 1 aromatic heterocycles. The van der Waals surface area contributed by atoms with Crippen molar-refractivity contribution in [2.75, 3.05) is 19.6 Å². The number of amides is 2. The van der Waals surface area contributed by atoms with Crippen LogP contribution in [0, 0.1) is 0 Å². The molecule has 3 N–H and O–H groups in total. The average Bonchev–Trinajstić information content (AvgIpc) is 2.99. The van der Waals surface area contributed by atoms with Gasteiger partial charge in [0.25, 0.3) is 0 Å². The van der Waals surface area contributed by atoms with Crippen LogP contribution in [0.25, 0.3) is 0 Å². The Morgan fingerprint density at radius 1 is 1.38 bits per heavy atom. The molecule has 0 bridgehead atoms. The zero-order chi connectivity index (χ0) is 15.3. The lowest BCUT2D eigenvalue weighted by molar-refractivity contribution is -0.134. The summed E-state index contributed by atoms with van der Waals surface area (Å²) in [6, 6.07) is 1.87. The van der Waals surface area contributed by atoms with Crippen molar-refractivity contribution < 1.29 is 9.59 Å². The zero-order valence-electron chi connectivity index (χ0n) is 12.6. The zero-order valence-corrected chi connectivity index (χ0v) is 12.6. The fourth-order valence-electron chi connectivity index (χ4n) is 2.62. The van der Waals surface area contributed by atoms with Gasteiger partial charge in [-0.05, 0) is 45.8 Å². The summed E-state index contributed by atoms with van der Waals surface area (Å²) in [6.45, 7) is 5.28. The summed E-state index contributed by atoms with van der Waals surface area (Å²) in [5.74, 6) is -0.325. The molecule has 1 saturated heterocycles. The van der Waals surface area contributed by atoms with Crippen LogP contribution >= 0.6 is 0 Å². The van der Waals surface area contributed by atoms with Gasteiger partial charge in [0.05, 0.1) is 6.54 Å². The van der Waals surface area contributed by atoms with Gasteiger partial charge in [0.1, 0.15) is 5.54 Å². The molecule has 7 heteroatoms. The summed E-state index contributed by atoms with van der Waals surface area (Å²) in [6.07, 6.45) is 4.79. The van der Waals surface area contributed by atoms with E-state index in [1.54, 1.807) is 17.1 Å². The molecule has 0 radical (unpaired) electrons. The topological polar surface area (TPSA) is 88.1 Å². The Balaban J connectivity index is 2.04. The minimum absolute atomic E-state index is 0.00649. The van der Waals surface area contributed by atoms with Crippen molar-refractivity contribution in [3.63, 3.8) is 0 Å². The molecule has 21 heavy (non-hydrogen) atoms. The van der Waals surface area contributed by atoms with Crippen LogP contribution in [0.4, 0.5) is 0 Å². The monoisotopic (exact) mass is 293 g/mol. The predicted molar refractivity (Wildman–Crippen MR) is 78.6 cm³/mol. The first-order valence-electron chi connectivity index (χ1n) is 7.33. The summed E-state index contributed by atoms with van der Waals surface area (Å²) in [5.41, 5.74) is -0.702. The Morgan fingerprint density at radius 3 is 2.67 bits per heavy atom. The quantitative estimate of drug-likeness (QED) is 0.689. The molecule has 1 aliphatic heterocycles. The van der Waals surface area contributed by atoms with Crippen molar-refractivity contribution in [1.29, 1.82) is 0 Å². The third-order valence-corrected chi connectivity index (χ3v) is 3.66. The van der Waals surface area contributed by atoms with Gasteiger partial charge in [-0.2, -0.15) is 5.10 Å². The van der Waals surface area contributed by atoms with E-state index < -0.39 is 5.54 Å². The minimum atomic E-state index is -0.702. The van der Waals surface area contributed by atoms with E-state index >= 15 is 0 Å². The fourth-order valence-corrected chi connectivity index (χ4v) is 2.62. The average molecular weight is 293 g/mol. The number of hydrogen-bond donors (Lipinski definition) is 3. The summed E-state index contributed by atoms with van der Waals surface area (Å²) < 4.78 is 1.71. The van der Waals surface area contributed by atoms with Crippen LogP contribution in [0.15, 0.2) is 18.5 Å². The van der Waals surface area contributed by atoms with Gasteiger partial charge in [0, 0.05) is 18.4 Å². The molecule has 0 aromatic carbocycles. The lowest BCUT2D eigenvalue weighted by atomic mass is 9.87. The van der Waals surface area contributed by atoms with Crippen molar-refractivity contribution in [2.45, 2.75) is 38.3 Å². The molecule has 1 fully saturated rings. The van der Waals surface area contributed by atoms with Crippen molar-refractivity contribution in [3.05, 3.63) is 18.5 Å². The first-order chi connectivity index (χ1) is 10.0. The minimum Gasteiger partial charge on any atom is -0.352 e. The highest BCUT2D eigenvalue weighted by Gasteiger charge is 2.41. The highest BCUT2D eigenvalue weighted by atomic mass is 16.2. The Hall–Kier alpha value is -1.89. The van der Waals surface area contributed by atoms with E-state index in [1.807, 2.05) is 19.9 Å². The summed E-state index contributed by atoms with van der Waals surface area (Å²) >= 11 is 0. The summed E-state index contributed by atoms with van der Waals surface area (Å²) in [7, 11) is 0. The maximum Gasteiger partial charge on any atom is 0.248 e. The normalized spacial score (nSPS) is 17.5. The third-order valence-electron chi connectivity index (χ3n) is 3.66. The number of piperidine rings is 1. The van der Waals surface area contributed by atoms with Crippen molar-refractivity contribution in [3.8, 4) is 0 Å². The van der Waals surface area contributed by atoms with Gasteiger partial charge in [0.15, 0.2) is 0 Å². The molecule has 116 valence electrons. The second-order valence-electron chi connectivity index (χ2n) is 5.64. The Morgan fingerprint density at radius 2 is 2.10 bits per heavy atom. The predicted octanol–water partition coefficient (Wildman–Crippen LogP) is -0.397. The lowest BCUT2D eigenvalue weighted by Gasteiger charge is -2.36. The largest absolute Gasteiger partial charge is 0.352 e. The van der Waals surface area contributed by atoms with Gasteiger partial charge in [-0.3, -0.25) is 14.3 Å². The molecule has 7 nitrogen and oxygen atoms in total. The lowest BCUT2D eigenvalue weighted by Crippen LogP contribution is -2.56. The number of aromatic nitrogens is 2. The van der Waals surface area contributed by atoms with Crippen LogP contribution in [-0.2, 0) is 15.1 Å². The summed E-state index contributed by atoms with van der Waals surface area (Å²) in [5, 5.41) is 13.0. The van der Waals surface area contributed by atoms with Crippen molar-refractivity contribution in [1.82, 2.24) is 25.7 Å². The van der Waals surface area contributed by atoms with Crippen LogP contribution in [-0.4, -0.2) is 47.3 Å². The van der Waals surface area contributed by atoms with Crippen LogP contribution < -0.4 is 16.0 Å². The number of hydrogen-bond acceptors (Lipinski definition) is 4. The Bertz CT molecular complexity index is 478. The van der Waals surface area contributed by atoms with Gasteiger partial charge in [-0.25, -0.2) is 0 Å². The highest BCUT2D eigenvalue weighted by Crippen LogP contribution is 2.26. The number of rotatable bonds is 5. The van der Waals surface area contributed by atoms with Gasteiger partial charge in [-0.15, -0.1) is 0 Å². The smallest absolute Gasteiger partial charge is 0.248 e. The molecule has 0 aliphatic carbocycles. The van der Waals surface area contributed by atoms with E-state index in [1.165, 1.54) is 0 Å². The van der Waals surface area contributed by atoms with Crippen molar-refractivity contribution >= 4 is 11.8 Å². The number of nitrogens with zero attached hydrogens (tertiary/aromatic N) is 2. The van der Waals surface area contributed by atoms with Crippen LogP contribution in [0.3, 0.4) is 0 Å². The van der Waals surface area contributed by atoms with E-state index in [0.29, 0.717) is 12.8 Å². The first kappa shape index (κ1) is 15.5. The van der Waals surface area contributed by atoms with E-state index in [0.717, 1.165) is 13.1 Å². The maximum absolute atomic E-state index is 12.6.